The minimum Gasteiger partial charge on any atom is -0.379 e. The summed E-state index contributed by atoms with van der Waals surface area (Å²) in [4.78, 5) is 23.3. The fraction of sp³-hybridized carbons (Fsp3) is 0.231. The van der Waals surface area contributed by atoms with Gasteiger partial charge >= 0.3 is 0 Å². The number of para-hydroxylation sites is 2. The van der Waals surface area contributed by atoms with Gasteiger partial charge in [0.25, 0.3) is 5.91 Å². The van der Waals surface area contributed by atoms with Gasteiger partial charge in [-0.15, -0.1) is 0 Å². The van der Waals surface area contributed by atoms with Crippen LogP contribution in [0.1, 0.15) is 16.1 Å². The number of aromatic nitrogens is 2. The third-order valence-electron chi connectivity index (χ3n) is 5.80. The maximum Gasteiger partial charge on any atom is 0.256 e. The van der Waals surface area contributed by atoms with Crippen LogP contribution in [0.25, 0.3) is 11.0 Å². The van der Waals surface area contributed by atoms with Crippen molar-refractivity contribution in [3.63, 3.8) is 0 Å². The molecule has 3 heterocycles. The fourth-order valence-electron chi connectivity index (χ4n) is 4.19. The maximum atomic E-state index is 13.5. The zero-order chi connectivity index (χ0) is 21.8. The number of hydrogen-bond donors (Lipinski definition) is 2. The number of benzene rings is 2. The molecule has 2 N–H and O–H groups in total. The van der Waals surface area contributed by atoms with Crippen LogP contribution in [0.3, 0.4) is 0 Å². The second kappa shape index (κ2) is 9.24. The van der Waals surface area contributed by atoms with Gasteiger partial charge < -0.3 is 19.9 Å². The SMILES string of the molecule is O=C(c1ccccc1Nc1ccccc1)N1CCOC[C@H](Cc2ccc3cc[nH]c3n2)C1. The van der Waals surface area contributed by atoms with E-state index >= 15 is 0 Å². The monoisotopic (exact) mass is 426 g/mol. The lowest BCUT2D eigenvalue weighted by Gasteiger charge is -2.25. The molecular weight excluding hydrogens is 400 g/mol. The second-order valence-corrected chi connectivity index (χ2v) is 8.15. The van der Waals surface area contributed by atoms with Crippen LogP contribution in [-0.2, 0) is 11.2 Å². The summed E-state index contributed by atoms with van der Waals surface area (Å²) in [6.45, 7) is 2.39. The Labute approximate surface area is 187 Å². The number of nitrogens with one attached hydrogen (secondary N) is 2. The highest BCUT2D eigenvalue weighted by atomic mass is 16.5. The van der Waals surface area contributed by atoms with Crippen LogP contribution in [0.15, 0.2) is 79.0 Å². The molecule has 162 valence electrons. The largest absolute Gasteiger partial charge is 0.379 e. The Morgan fingerprint density at radius 1 is 1.06 bits per heavy atom. The van der Waals surface area contributed by atoms with Crippen molar-refractivity contribution in [2.75, 3.05) is 31.6 Å². The topological polar surface area (TPSA) is 70.2 Å². The second-order valence-electron chi connectivity index (χ2n) is 8.15. The Morgan fingerprint density at radius 3 is 2.81 bits per heavy atom. The average molecular weight is 427 g/mol. The van der Waals surface area contributed by atoms with Gasteiger partial charge in [0.15, 0.2) is 0 Å². The first-order valence-corrected chi connectivity index (χ1v) is 11.0. The summed E-state index contributed by atoms with van der Waals surface area (Å²) in [5, 5.41) is 4.48. The summed E-state index contributed by atoms with van der Waals surface area (Å²) >= 11 is 0. The van der Waals surface area contributed by atoms with Crippen LogP contribution >= 0.6 is 0 Å². The van der Waals surface area contributed by atoms with Gasteiger partial charge in [-0.1, -0.05) is 30.3 Å². The van der Waals surface area contributed by atoms with E-state index in [9.17, 15) is 4.79 Å². The molecule has 0 saturated carbocycles. The third kappa shape index (κ3) is 4.50. The number of hydrogen-bond acceptors (Lipinski definition) is 4. The first kappa shape index (κ1) is 20.3. The summed E-state index contributed by atoms with van der Waals surface area (Å²) in [6.07, 6.45) is 2.67. The molecule has 0 spiro atoms. The number of carbonyl (C=O) groups excluding carboxylic acids is 1. The molecule has 1 aliphatic heterocycles. The number of H-pyrrole nitrogens is 1. The Hall–Kier alpha value is -3.64. The molecular formula is C26H26N4O2. The number of ether oxygens (including phenoxy) is 1. The normalized spacial score (nSPS) is 16.6. The van der Waals surface area contributed by atoms with Crippen molar-refractivity contribution in [1.82, 2.24) is 14.9 Å². The molecule has 0 aliphatic carbocycles. The molecule has 0 unspecified atom stereocenters. The Morgan fingerprint density at radius 2 is 1.91 bits per heavy atom. The van der Waals surface area contributed by atoms with Gasteiger partial charge in [0.1, 0.15) is 5.65 Å². The number of anilines is 2. The minimum atomic E-state index is 0.0207. The van der Waals surface area contributed by atoms with E-state index in [4.69, 9.17) is 9.72 Å². The van der Waals surface area contributed by atoms with E-state index in [-0.39, 0.29) is 11.8 Å². The van der Waals surface area contributed by atoms with Crippen molar-refractivity contribution in [3.8, 4) is 0 Å². The molecule has 1 saturated heterocycles. The van der Waals surface area contributed by atoms with Gasteiger partial charge in [0.2, 0.25) is 0 Å². The molecule has 0 radical (unpaired) electrons. The first-order chi connectivity index (χ1) is 15.8. The number of carbonyl (C=O) groups is 1. The van der Waals surface area contributed by atoms with Crippen molar-refractivity contribution >= 4 is 28.3 Å². The van der Waals surface area contributed by atoms with Crippen LogP contribution in [0.5, 0.6) is 0 Å². The van der Waals surface area contributed by atoms with Crippen molar-refractivity contribution < 1.29 is 9.53 Å². The molecule has 6 nitrogen and oxygen atoms in total. The molecule has 0 bridgehead atoms. The van der Waals surface area contributed by atoms with Crippen molar-refractivity contribution in [2.45, 2.75) is 6.42 Å². The predicted octanol–water partition coefficient (Wildman–Crippen LogP) is 4.64. The van der Waals surface area contributed by atoms with Gasteiger partial charge in [0, 0.05) is 42.0 Å². The zero-order valence-electron chi connectivity index (χ0n) is 17.8. The molecule has 5 rings (SSSR count). The highest BCUT2D eigenvalue weighted by Gasteiger charge is 2.25. The van der Waals surface area contributed by atoms with Crippen molar-refractivity contribution in [1.29, 1.82) is 0 Å². The van der Waals surface area contributed by atoms with Crippen LogP contribution < -0.4 is 5.32 Å². The zero-order valence-corrected chi connectivity index (χ0v) is 17.8. The standard InChI is InChI=1S/C26H26N4O2/c31-26(23-8-4-5-9-24(23)28-21-6-2-1-3-7-21)30-14-15-32-18-19(17-30)16-22-11-10-20-12-13-27-25(20)29-22/h1-13,19,28H,14-18H2,(H,27,29)/t19-/m1/s1. The minimum absolute atomic E-state index is 0.0207. The molecule has 4 aromatic rings. The molecule has 1 fully saturated rings. The van der Waals surface area contributed by atoms with Crippen LogP contribution in [0.4, 0.5) is 11.4 Å². The summed E-state index contributed by atoms with van der Waals surface area (Å²) < 4.78 is 5.85. The summed E-state index contributed by atoms with van der Waals surface area (Å²) in [7, 11) is 0. The molecule has 2 aromatic heterocycles. The van der Waals surface area contributed by atoms with Gasteiger partial charge in [-0.2, -0.15) is 0 Å². The van der Waals surface area contributed by atoms with E-state index in [1.165, 1.54) is 0 Å². The van der Waals surface area contributed by atoms with Gasteiger partial charge in [0.05, 0.1) is 24.5 Å². The lowest BCUT2D eigenvalue weighted by atomic mass is 10.0. The van der Waals surface area contributed by atoms with E-state index in [0.29, 0.717) is 31.9 Å². The number of rotatable bonds is 5. The van der Waals surface area contributed by atoms with E-state index < -0.39 is 0 Å². The summed E-state index contributed by atoms with van der Waals surface area (Å²) in [5.74, 6) is 0.211. The van der Waals surface area contributed by atoms with Gasteiger partial charge in [-0.25, -0.2) is 4.98 Å². The van der Waals surface area contributed by atoms with Gasteiger partial charge in [-0.05, 0) is 48.9 Å². The molecule has 1 atom stereocenters. The molecule has 6 heteroatoms. The van der Waals surface area contributed by atoms with Gasteiger partial charge in [-0.3, -0.25) is 4.79 Å². The first-order valence-electron chi connectivity index (χ1n) is 11.0. The van der Waals surface area contributed by atoms with Crippen molar-refractivity contribution in [3.05, 3.63) is 90.3 Å². The maximum absolute atomic E-state index is 13.5. The molecule has 2 aromatic carbocycles. The summed E-state index contributed by atoms with van der Waals surface area (Å²) in [6, 6.07) is 23.7. The summed E-state index contributed by atoms with van der Waals surface area (Å²) in [5.41, 5.74) is 4.34. The lowest BCUT2D eigenvalue weighted by molar-refractivity contribution is 0.0738. The van der Waals surface area contributed by atoms with E-state index in [2.05, 4.69) is 22.4 Å². The average Bonchev–Trinajstić information content (AvgIpc) is 3.17. The number of pyridine rings is 1. The quantitative estimate of drug-likeness (QED) is 0.488. The number of fused-ring (bicyclic) bond motifs is 1. The Bertz CT molecular complexity index is 1200. The Kier molecular flexibility index (Phi) is 5.85. The Balaban J connectivity index is 1.33. The van der Waals surface area contributed by atoms with E-state index in [0.717, 1.165) is 34.5 Å². The van der Waals surface area contributed by atoms with Crippen LogP contribution in [-0.4, -0.2) is 47.1 Å². The molecule has 1 amide bonds. The van der Waals surface area contributed by atoms with E-state index in [1.54, 1.807) is 0 Å². The smallest absolute Gasteiger partial charge is 0.256 e. The molecule has 32 heavy (non-hydrogen) atoms. The highest BCUT2D eigenvalue weighted by molar-refractivity contribution is 6.00. The number of amides is 1. The number of nitrogens with zero attached hydrogens (tertiary/aromatic N) is 2. The molecule has 1 aliphatic rings. The van der Waals surface area contributed by atoms with Crippen LogP contribution in [0, 0.1) is 5.92 Å². The fourth-order valence-corrected chi connectivity index (χ4v) is 4.19. The third-order valence-corrected chi connectivity index (χ3v) is 5.80. The van der Waals surface area contributed by atoms with Crippen molar-refractivity contribution in [2.24, 2.45) is 5.92 Å². The van der Waals surface area contributed by atoms with Crippen LogP contribution in [0.2, 0.25) is 0 Å². The van der Waals surface area contributed by atoms with E-state index in [1.807, 2.05) is 71.8 Å². The lowest BCUT2D eigenvalue weighted by Crippen LogP contribution is -2.36. The highest BCUT2D eigenvalue weighted by Crippen LogP contribution is 2.24. The predicted molar refractivity (Wildman–Crippen MR) is 126 cm³/mol. The number of aromatic amines is 1.